The summed E-state index contributed by atoms with van der Waals surface area (Å²) in [6, 6.07) is 1.40. The van der Waals surface area contributed by atoms with Gasteiger partial charge >= 0.3 is 5.97 Å². The van der Waals surface area contributed by atoms with Gasteiger partial charge in [-0.25, -0.2) is 14.8 Å². The van der Waals surface area contributed by atoms with Crippen molar-refractivity contribution in [2.45, 2.75) is 38.1 Å². The number of amides is 1. The Bertz CT molecular complexity index is 901. The number of aromatic nitrogens is 2. The molecular formula is C19H22N4O3S. The van der Waals surface area contributed by atoms with Crippen LogP contribution in [0.5, 0.6) is 0 Å². The van der Waals surface area contributed by atoms with E-state index < -0.39 is 12.0 Å². The molecule has 0 unspecified atom stereocenters. The summed E-state index contributed by atoms with van der Waals surface area (Å²) in [5.41, 5.74) is -0.0785. The van der Waals surface area contributed by atoms with Crippen LogP contribution in [0.1, 0.15) is 32.1 Å². The van der Waals surface area contributed by atoms with Crippen molar-refractivity contribution in [3.8, 4) is 0 Å². The number of carbonyl (C=O) groups is 2. The van der Waals surface area contributed by atoms with E-state index in [1.165, 1.54) is 0 Å². The van der Waals surface area contributed by atoms with Gasteiger partial charge in [0.15, 0.2) is 0 Å². The van der Waals surface area contributed by atoms with E-state index >= 15 is 0 Å². The first-order valence-electron chi connectivity index (χ1n) is 9.53. The Morgan fingerprint density at radius 3 is 2.70 bits per heavy atom. The number of anilines is 1. The molecule has 142 valence electrons. The van der Waals surface area contributed by atoms with E-state index in [0.717, 1.165) is 54.8 Å². The van der Waals surface area contributed by atoms with Crippen molar-refractivity contribution in [1.29, 1.82) is 0 Å². The summed E-state index contributed by atoms with van der Waals surface area (Å²) in [6.45, 7) is 2.25. The van der Waals surface area contributed by atoms with Gasteiger partial charge in [-0.2, -0.15) is 0 Å². The van der Waals surface area contributed by atoms with Crippen LogP contribution < -0.4 is 4.90 Å². The zero-order chi connectivity index (χ0) is 18.6. The number of hydrogen-bond acceptors (Lipinski definition) is 6. The third-order valence-corrected chi connectivity index (χ3v) is 7.19. The van der Waals surface area contributed by atoms with Crippen LogP contribution in [0.15, 0.2) is 17.8 Å². The Morgan fingerprint density at radius 2 is 2.00 bits per heavy atom. The lowest BCUT2D eigenvalue weighted by atomic mass is 9.76. The number of carbonyl (C=O) groups excluding carboxylic acids is 1. The Morgan fingerprint density at radius 1 is 1.22 bits per heavy atom. The fraction of sp³-hybridized carbons (Fsp3) is 0.579. The molecule has 3 fully saturated rings. The number of carboxylic acids is 1. The molecule has 5 rings (SSSR count). The van der Waals surface area contributed by atoms with Crippen LogP contribution in [0.3, 0.4) is 0 Å². The third kappa shape index (κ3) is 2.86. The quantitative estimate of drug-likeness (QED) is 0.872. The molecule has 1 aliphatic carbocycles. The molecule has 0 bridgehead atoms. The molecule has 1 saturated carbocycles. The highest BCUT2D eigenvalue weighted by Gasteiger charge is 2.51. The summed E-state index contributed by atoms with van der Waals surface area (Å²) in [6.07, 6.45) is 5.79. The monoisotopic (exact) mass is 386 g/mol. The van der Waals surface area contributed by atoms with Gasteiger partial charge in [-0.3, -0.25) is 4.79 Å². The van der Waals surface area contributed by atoms with E-state index in [4.69, 9.17) is 0 Å². The highest BCUT2D eigenvalue weighted by atomic mass is 32.1. The van der Waals surface area contributed by atoms with Gasteiger partial charge in [0.2, 0.25) is 5.91 Å². The zero-order valence-corrected chi connectivity index (χ0v) is 15.8. The highest BCUT2D eigenvalue weighted by Crippen LogP contribution is 2.46. The molecule has 2 aromatic rings. The van der Waals surface area contributed by atoms with E-state index in [9.17, 15) is 14.7 Å². The molecule has 1 atom stereocenters. The molecule has 4 heterocycles. The average Bonchev–Trinajstić information content (AvgIpc) is 3.29. The third-order valence-electron chi connectivity index (χ3n) is 6.37. The second kappa shape index (κ2) is 6.15. The lowest BCUT2D eigenvalue weighted by Crippen LogP contribution is -2.43. The molecule has 3 aliphatic rings. The maximum absolute atomic E-state index is 12.6. The first-order chi connectivity index (χ1) is 13.1. The van der Waals surface area contributed by atoms with Gasteiger partial charge in [0, 0.05) is 25.6 Å². The number of hydrogen-bond donors (Lipinski definition) is 1. The molecule has 1 spiro atoms. The number of rotatable bonds is 3. The molecule has 1 N–H and O–H groups in total. The first kappa shape index (κ1) is 16.9. The van der Waals surface area contributed by atoms with Crippen molar-refractivity contribution in [1.82, 2.24) is 14.9 Å². The fourth-order valence-corrected chi connectivity index (χ4v) is 5.38. The number of fused-ring (bicyclic) bond motifs is 1. The van der Waals surface area contributed by atoms with Crippen molar-refractivity contribution in [3.63, 3.8) is 0 Å². The number of likely N-dealkylation sites (tertiary alicyclic amines) is 1. The van der Waals surface area contributed by atoms with Crippen LogP contribution in [0.25, 0.3) is 10.2 Å². The second-order valence-corrected chi connectivity index (χ2v) is 9.02. The number of thiophene rings is 1. The summed E-state index contributed by atoms with van der Waals surface area (Å²) in [7, 11) is 0. The van der Waals surface area contributed by atoms with E-state index in [0.29, 0.717) is 13.0 Å². The predicted molar refractivity (Wildman–Crippen MR) is 102 cm³/mol. The maximum Gasteiger partial charge on any atom is 0.326 e. The molecule has 2 saturated heterocycles. The normalized spacial score (nSPS) is 24.7. The molecule has 0 aromatic carbocycles. The van der Waals surface area contributed by atoms with Gasteiger partial charge in [-0.1, -0.05) is 0 Å². The minimum absolute atomic E-state index is 0.0532. The van der Waals surface area contributed by atoms with Gasteiger partial charge in [-0.05, 0) is 49.0 Å². The molecule has 2 aromatic heterocycles. The number of aliphatic carboxylic acids is 1. The van der Waals surface area contributed by atoms with E-state index in [1.807, 2.05) is 5.38 Å². The Kier molecular flexibility index (Phi) is 3.86. The summed E-state index contributed by atoms with van der Waals surface area (Å²) in [5.74, 6) is 0.223. The highest BCUT2D eigenvalue weighted by molar-refractivity contribution is 7.16. The van der Waals surface area contributed by atoms with E-state index in [1.54, 1.807) is 22.6 Å². The SMILES string of the molecule is O=C(O)[C@@H]1CC2(CCN(c3ncnc4sccc34)CC2)CN1C(=O)C1CC1. The number of piperidine rings is 1. The van der Waals surface area contributed by atoms with E-state index in [-0.39, 0.29) is 17.2 Å². The van der Waals surface area contributed by atoms with Gasteiger partial charge in [0.05, 0.1) is 5.39 Å². The summed E-state index contributed by atoms with van der Waals surface area (Å²) in [5, 5.41) is 12.8. The molecule has 27 heavy (non-hydrogen) atoms. The van der Waals surface area contributed by atoms with Gasteiger partial charge in [0.1, 0.15) is 23.0 Å². The lowest BCUT2D eigenvalue weighted by Gasteiger charge is -2.39. The van der Waals surface area contributed by atoms with Crippen molar-refractivity contribution in [3.05, 3.63) is 17.8 Å². The summed E-state index contributed by atoms with van der Waals surface area (Å²) < 4.78 is 0. The summed E-state index contributed by atoms with van der Waals surface area (Å²) in [4.78, 5) is 38.1. The maximum atomic E-state index is 12.6. The molecule has 8 heteroatoms. The van der Waals surface area contributed by atoms with Crippen LogP contribution in [-0.2, 0) is 9.59 Å². The van der Waals surface area contributed by atoms with Crippen molar-refractivity contribution >= 4 is 39.2 Å². The molecule has 7 nitrogen and oxygen atoms in total. The minimum Gasteiger partial charge on any atom is -0.480 e. The minimum atomic E-state index is -0.862. The molecule has 2 aliphatic heterocycles. The van der Waals surface area contributed by atoms with Gasteiger partial charge < -0.3 is 14.9 Å². The Balaban J connectivity index is 1.34. The number of nitrogens with zero attached hydrogens (tertiary/aromatic N) is 4. The standard InChI is InChI=1S/C19H22N4O3S/c24-17(12-1-2-12)23-10-19(9-14(23)18(25)26)4-6-22(7-5-19)15-13-3-8-27-16(13)21-11-20-15/h3,8,11-12,14H,1-2,4-7,9-10H2,(H,25,26)/t14-/m0/s1. The molecular weight excluding hydrogens is 364 g/mol. The Labute approximate surface area is 161 Å². The lowest BCUT2D eigenvalue weighted by molar-refractivity contribution is -0.148. The van der Waals surface area contributed by atoms with Gasteiger partial charge in [-0.15, -0.1) is 11.3 Å². The van der Waals surface area contributed by atoms with Crippen molar-refractivity contribution < 1.29 is 14.7 Å². The number of carboxylic acid groups (broad SMARTS) is 1. The van der Waals surface area contributed by atoms with Crippen LogP contribution in [-0.4, -0.2) is 57.5 Å². The summed E-state index contributed by atoms with van der Waals surface area (Å²) >= 11 is 1.61. The largest absolute Gasteiger partial charge is 0.480 e. The topological polar surface area (TPSA) is 86.6 Å². The van der Waals surface area contributed by atoms with Crippen LogP contribution >= 0.6 is 11.3 Å². The van der Waals surface area contributed by atoms with Crippen LogP contribution in [0.2, 0.25) is 0 Å². The van der Waals surface area contributed by atoms with Crippen LogP contribution in [0.4, 0.5) is 5.82 Å². The smallest absolute Gasteiger partial charge is 0.326 e. The average molecular weight is 386 g/mol. The van der Waals surface area contributed by atoms with Crippen molar-refractivity contribution in [2.24, 2.45) is 11.3 Å². The predicted octanol–water partition coefficient (Wildman–Crippen LogP) is 2.37. The van der Waals surface area contributed by atoms with Crippen molar-refractivity contribution in [2.75, 3.05) is 24.5 Å². The van der Waals surface area contributed by atoms with E-state index in [2.05, 4.69) is 20.9 Å². The fourth-order valence-electron chi connectivity index (χ4n) is 4.66. The molecule has 0 radical (unpaired) electrons. The Hall–Kier alpha value is -2.22. The zero-order valence-electron chi connectivity index (χ0n) is 15.0. The van der Waals surface area contributed by atoms with Gasteiger partial charge in [0.25, 0.3) is 0 Å². The second-order valence-electron chi connectivity index (χ2n) is 8.12. The van der Waals surface area contributed by atoms with Crippen LogP contribution in [0, 0.1) is 11.3 Å². The molecule has 1 amide bonds. The first-order valence-corrected chi connectivity index (χ1v) is 10.4.